The zero-order valence-corrected chi connectivity index (χ0v) is 19.8. The third kappa shape index (κ3) is 4.95. The van der Waals surface area contributed by atoms with Crippen LogP contribution in [0.2, 0.25) is 0 Å². The van der Waals surface area contributed by atoms with Crippen LogP contribution in [0.15, 0.2) is 60.7 Å². The molecule has 0 atom stereocenters. The first kappa shape index (κ1) is 22.6. The number of nitrogen functional groups attached to an aromatic ring is 1. The van der Waals surface area contributed by atoms with Gasteiger partial charge in [-0.05, 0) is 40.6 Å². The number of anilines is 1. The number of fused-ring (bicyclic) bond motifs is 1. The van der Waals surface area contributed by atoms with Gasteiger partial charge in [-0.1, -0.05) is 60.7 Å². The fourth-order valence-corrected chi connectivity index (χ4v) is 3.90. The summed E-state index contributed by atoms with van der Waals surface area (Å²) < 4.78 is 12.7. The van der Waals surface area contributed by atoms with Gasteiger partial charge in [0.2, 0.25) is 11.8 Å². The molecule has 0 aliphatic heterocycles. The predicted molar refractivity (Wildman–Crippen MR) is 129 cm³/mol. The lowest BCUT2D eigenvalue weighted by atomic mass is 10.0. The van der Waals surface area contributed by atoms with E-state index in [1.165, 1.54) is 4.57 Å². The Kier molecular flexibility index (Phi) is 6.82. The number of esters is 2. The Bertz CT molecular complexity index is 1260. The van der Waals surface area contributed by atoms with Crippen molar-refractivity contribution in [1.82, 2.24) is 19.5 Å². The van der Waals surface area contributed by atoms with Crippen molar-refractivity contribution in [1.29, 1.82) is 0 Å². The summed E-state index contributed by atoms with van der Waals surface area (Å²) in [6, 6.07) is 18.8. The first-order valence-corrected chi connectivity index (χ1v) is 11.2. The maximum atomic E-state index is 13.1. The molecule has 0 saturated heterocycles. The van der Waals surface area contributed by atoms with Crippen molar-refractivity contribution in [2.75, 3.05) is 12.3 Å². The molecule has 2 heterocycles. The van der Waals surface area contributed by atoms with Gasteiger partial charge in [0, 0.05) is 0 Å². The molecule has 0 unspecified atom stereocenters. The minimum absolute atomic E-state index is 0.0715. The van der Waals surface area contributed by atoms with Gasteiger partial charge in [0.25, 0.3) is 0 Å². The molecule has 0 aliphatic rings. The summed E-state index contributed by atoms with van der Waals surface area (Å²) in [6.45, 7) is 1.76. The number of halogens is 1. The maximum Gasteiger partial charge on any atom is 0.377 e. The van der Waals surface area contributed by atoms with Crippen molar-refractivity contribution in [2.45, 2.75) is 19.6 Å². The fourth-order valence-electron chi connectivity index (χ4n) is 3.31. The lowest BCUT2D eigenvalue weighted by Gasteiger charge is -2.18. The molecule has 0 aliphatic carbocycles. The van der Waals surface area contributed by atoms with Crippen molar-refractivity contribution >= 4 is 51.6 Å². The number of rotatable bonds is 7. The first-order valence-electron chi connectivity index (χ1n) is 10.1. The number of imidazole rings is 1. The summed E-state index contributed by atoms with van der Waals surface area (Å²) in [4.78, 5) is 38.0. The van der Waals surface area contributed by atoms with Crippen molar-refractivity contribution in [3.8, 4) is 0 Å². The van der Waals surface area contributed by atoms with Crippen LogP contribution in [0, 0.1) is 3.70 Å². The smallest absolute Gasteiger partial charge is 0.377 e. The normalized spacial score (nSPS) is 11.0. The number of hydrogen-bond donors (Lipinski definition) is 1. The van der Waals surface area contributed by atoms with Gasteiger partial charge in [-0.25, -0.2) is 19.7 Å². The lowest BCUT2D eigenvalue weighted by Crippen LogP contribution is -2.18. The molecular weight excluding hydrogens is 537 g/mol. The van der Waals surface area contributed by atoms with E-state index < -0.39 is 18.0 Å². The maximum absolute atomic E-state index is 13.1. The third-order valence-electron chi connectivity index (χ3n) is 4.79. The van der Waals surface area contributed by atoms with Crippen LogP contribution in [-0.4, -0.2) is 38.1 Å². The van der Waals surface area contributed by atoms with E-state index in [-0.39, 0.29) is 30.6 Å². The lowest BCUT2D eigenvalue weighted by molar-refractivity contribution is -0.143. The zero-order valence-electron chi connectivity index (χ0n) is 17.6. The summed E-state index contributed by atoms with van der Waals surface area (Å²) in [6.07, 6.45) is -0.647. The van der Waals surface area contributed by atoms with Crippen LogP contribution in [0.5, 0.6) is 0 Å². The highest BCUT2D eigenvalue weighted by Gasteiger charge is 2.25. The van der Waals surface area contributed by atoms with E-state index in [4.69, 9.17) is 15.2 Å². The van der Waals surface area contributed by atoms with Crippen LogP contribution in [0.1, 0.15) is 34.8 Å². The van der Waals surface area contributed by atoms with E-state index in [0.717, 1.165) is 11.1 Å². The Morgan fingerprint density at radius 2 is 1.61 bits per heavy atom. The summed E-state index contributed by atoms with van der Waals surface area (Å²) in [5.41, 5.74) is 8.24. The van der Waals surface area contributed by atoms with Crippen LogP contribution < -0.4 is 5.73 Å². The molecule has 10 heteroatoms. The number of carbonyl (C=O) groups is 2. The van der Waals surface area contributed by atoms with Gasteiger partial charge in [0.15, 0.2) is 11.8 Å². The molecule has 2 aromatic carbocycles. The molecule has 0 amide bonds. The minimum atomic E-state index is -0.713. The summed E-state index contributed by atoms with van der Waals surface area (Å²) in [7, 11) is 0. The molecule has 0 fully saturated rings. The Labute approximate surface area is 203 Å². The topological polar surface area (TPSA) is 122 Å². The first-order chi connectivity index (χ1) is 16.0. The average molecular weight is 557 g/mol. The quantitative estimate of drug-likeness (QED) is 0.208. The molecule has 9 nitrogen and oxygen atoms in total. The molecule has 0 bridgehead atoms. The van der Waals surface area contributed by atoms with Gasteiger partial charge >= 0.3 is 11.9 Å². The van der Waals surface area contributed by atoms with E-state index in [1.807, 2.05) is 83.3 Å². The number of hydrogen-bond acceptors (Lipinski definition) is 8. The molecule has 0 saturated carbocycles. The Hall–Kier alpha value is -3.54. The van der Waals surface area contributed by atoms with Crippen LogP contribution >= 0.6 is 22.6 Å². The molecule has 4 rings (SSSR count). The van der Waals surface area contributed by atoms with Gasteiger partial charge in [0.05, 0.1) is 6.61 Å². The largest absolute Gasteiger partial charge is 0.465 e. The number of carbonyl (C=O) groups excluding carboxylic acids is 2. The van der Waals surface area contributed by atoms with Crippen molar-refractivity contribution in [3.63, 3.8) is 0 Å². The second kappa shape index (κ2) is 9.94. The van der Waals surface area contributed by atoms with E-state index >= 15 is 0 Å². The third-order valence-corrected chi connectivity index (χ3v) is 5.54. The Morgan fingerprint density at radius 3 is 2.18 bits per heavy atom. The van der Waals surface area contributed by atoms with E-state index in [1.54, 1.807) is 6.92 Å². The molecule has 4 aromatic rings. The number of benzene rings is 2. The van der Waals surface area contributed by atoms with Crippen LogP contribution in [0.3, 0.4) is 0 Å². The Balaban J connectivity index is 1.70. The van der Waals surface area contributed by atoms with Crippen molar-refractivity contribution in [3.05, 3.63) is 81.3 Å². The number of aromatic nitrogens is 4. The highest BCUT2D eigenvalue weighted by molar-refractivity contribution is 14.1. The van der Waals surface area contributed by atoms with Crippen molar-refractivity contribution in [2.24, 2.45) is 0 Å². The zero-order chi connectivity index (χ0) is 23.4. The highest BCUT2D eigenvalue weighted by Crippen LogP contribution is 2.27. The van der Waals surface area contributed by atoms with Crippen molar-refractivity contribution < 1.29 is 19.1 Å². The van der Waals surface area contributed by atoms with Crippen LogP contribution in [0.4, 0.5) is 5.95 Å². The van der Waals surface area contributed by atoms with E-state index in [0.29, 0.717) is 9.22 Å². The number of nitrogens with two attached hydrogens (primary N) is 1. The molecular formula is C23H20IN5O4. The summed E-state index contributed by atoms with van der Waals surface area (Å²) in [5.74, 6) is -1.29. The van der Waals surface area contributed by atoms with Crippen LogP contribution in [-0.2, 0) is 20.8 Å². The summed E-state index contributed by atoms with van der Waals surface area (Å²) in [5, 5.41) is 0. The monoisotopic (exact) mass is 557 g/mol. The second-order valence-corrected chi connectivity index (χ2v) is 8.00. The molecule has 0 radical (unpaired) electrons. The summed E-state index contributed by atoms with van der Waals surface area (Å²) >= 11 is 1.95. The average Bonchev–Trinajstić information content (AvgIpc) is 3.14. The molecule has 2 aromatic heterocycles. The number of nitrogens with zero attached hydrogens (tertiary/aromatic N) is 4. The van der Waals surface area contributed by atoms with E-state index in [2.05, 4.69) is 15.0 Å². The molecule has 0 spiro atoms. The minimum Gasteiger partial charge on any atom is -0.465 e. The molecule has 33 heavy (non-hydrogen) atoms. The van der Waals surface area contributed by atoms with Gasteiger partial charge in [-0.3, -0.25) is 9.36 Å². The van der Waals surface area contributed by atoms with Gasteiger partial charge < -0.3 is 15.2 Å². The predicted octanol–water partition coefficient (Wildman–Crippen LogP) is 3.52. The number of ether oxygens (including phenoxy) is 2. The fraction of sp³-hybridized carbons (Fsp3) is 0.174. The van der Waals surface area contributed by atoms with Gasteiger partial charge in [-0.15, -0.1) is 0 Å². The van der Waals surface area contributed by atoms with Gasteiger partial charge in [-0.2, -0.15) is 0 Å². The van der Waals surface area contributed by atoms with Gasteiger partial charge in [0.1, 0.15) is 15.8 Å². The molecule has 168 valence electrons. The SMILES string of the molecule is CCOC(=O)Cn1c(N)nc2c(I)nc(C(=O)OC(c3ccccc3)c3ccccc3)nc21. The standard InChI is InChI=1S/C23H20IN5O4/c1-2-32-16(30)13-29-21-17(26-23(29)25)19(24)27-20(28-21)22(31)33-18(14-9-5-3-6-10-14)15-11-7-4-8-12-15/h3-12,18H,2,13H2,1H3,(H2,25,26). The Morgan fingerprint density at radius 1 is 1.00 bits per heavy atom. The van der Waals surface area contributed by atoms with E-state index in [9.17, 15) is 9.59 Å². The van der Waals surface area contributed by atoms with Crippen LogP contribution in [0.25, 0.3) is 11.2 Å². The molecule has 2 N–H and O–H groups in total. The highest BCUT2D eigenvalue weighted by atomic mass is 127. The second-order valence-electron chi connectivity index (χ2n) is 6.98.